The molecule has 0 unspecified atom stereocenters. The average Bonchev–Trinajstić information content (AvgIpc) is 3.48. The molecule has 0 heterocycles. The van der Waals surface area contributed by atoms with Gasteiger partial charge in [-0.25, -0.2) is 0 Å². The van der Waals surface area contributed by atoms with Crippen LogP contribution in [0.2, 0.25) is 0 Å². The Hall–Kier alpha value is -2.32. The van der Waals surface area contributed by atoms with Crippen molar-refractivity contribution < 1.29 is 26.4 Å². The van der Waals surface area contributed by atoms with E-state index in [1.807, 2.05) is 45.0 Å². The normalized spacial score (nSPS) is 16.2. The Morgan fingerprint density at radius 2 is 1.52 bits per heavy atom. The fourth-order valence-corrected chi connectivity index (χ4v) is 3.75. The second kappa shape index (κ2) is 11.7. The third-order valence-electron chi connectivity index (χ3n) is 5.99. The number of carbonyl (C=O) groups excluding carboxylic acids is 1. The molecule has 1 aliphatic rings. The van der Waals surface area contributed by atoms with Crippen LogP contribution in [0.4, 0.5) is 13.2 Å². The SMILES string of the molecule is CCC[C@H](N[C@@H](c1ccc(-c2ccc(C)cc2)cc1)C(F)(F)F)C(=O)CC1(C)CC1.O=S=O. The van der Waals surface area contributed by atoms with Crippen molar-refractivity contribution in [1.82, 2.24) is 5.32 Å². The van der Waals surface area contributed by atoms with Crippen molar-refractivity contribution in [3.63, 3.8) is 0 Å². The predicted octanol–water partition coefficient (Wildman–Crippen LogP) is 6.11. The maximum Gasteiger partial charge on any atom is 0.407 e. The van der Waals surface area contributed by atoms with Gasteiger partial charge in [0, 0.05) is 6.42 Å². The van der Waals surface area contributed by atoms with Crippen LogP contribution in [-0.2, 0) is 16.4 Å². The zero-order valence-corrected chi connectivity index (χ0v) is 19.9. The smallest absolute Gasteiger partial charge is 0.298 e. The van der Waals surface area contributed by atoms with Gasteiger partial charge in [-0.15, -0.1) is 0 Å². The highest BCUT2D eigenvalue weighted by molar-refractivity contribution is 7.51. The first-order valence-electron chi connectivity index (χ1n) is 11.0. The quantitative estimate of drug-likeness (QED) is 0.469. The molecule has 0 spiro atoms. The molecule has 4 nitrogen and oxygen atoms in total. The Labute approximate surface area is 196 Å². The molecule has 0 amide bonds. The van der Waals surface area contributed by atoms with E-state index in [2.05, 4.69) is 5.32 Å². The molecule has 0 aliphatic heterocycles. The Kier molecular flexibility index (Phi) is 9.55. The van der Waals surface area contributed by atoms with Crippen molar-refractivity contribution in [3.05, 3.63) is 59.7 Å². The van der Waals surface area contributed by atoms with E-state index < -0.39 is 29.8 Å². The fraction of sp³-hybridized carbons (Fsp3) is 0.480. The fourth-order valence-electron chi connectivity index (χ4n) is 3.75. The highest BCUT2D eigenvalue weighted by Crippen LogP contribution is 2.48. The standard InChI is InChI=1S/C25H30F3NO.O2S/c1-4-5-21(22(30)16-24(3)14-15-24)29-23(25(26,27)28)20-12-10-19(11-13-20)18-8-6-17(2)7-9-18;1-3-2/h6-13,21,23,29H,4-5,14-16H2,1-3H3;/t21-,23-;/m0./s1. The summed E-state index contributed by atoms with van der Waals surface area (Å²) in [7, 11) is 0. The van der Waals surface area contributed by atoms with E-state index in [4.69, 9.17) is 8.42 Å². The summed E-state index contributed by atoms with van der Waals surface area (Å²) in [5, 5.41) is 2.65. The van der Waals surface area contributed by atoms with Crippen molar-refractivity contribution in [1.29, 1.82) is 0 Å². The average molecular weight is 482 g/mol. The van der Waals surface area contributed by atoms with E-state index in [9.17, 15) is 18.0 Å². The number of hydrogen-bond acceptors (Lipinski definition) is 4. The molecule has 2 aromatic carbocycles. The number of alkyl halides is 3. The van der Waals surface area contributed by atoms with Gasteiger partial charge in [-0.1, -0.05) is 74.4 Å². The molecular weight excluding hydrogens is 451 g/mol. The summed E-state index contributed by atoms with van der Waals surface area (Å²) in [6.45, 7) is 5.91. The van der Waals surface area contributed by atoms with Crippen molar-refractivity contribution in [2.45, 2.75) is 71.1 Å². The maximum atomic E-state index is 13.9. The number of nitrogens with one attached hydrogen (secondary N) is 1. The number of halogens is 3. The topological polar surface area (TPSA) is 63.2 Å². The van der Waals surface area contributed by atoms with E-state index in [0.717, 1.165) is 29.5 Å². The summed E-state index contributed by atoms with van der Waals surface area (Å²) in [4.78, 5) is 12.7. The first kappa shape index (κ1) is 26.9. The van der Waals surface area contributed by atoms with Crippen LogP contribution in [0.15, 0.2) is 48.5 Å². The van der Waals surface area contributed by atoms with Crippen molar-refractivity contribution in [2.75, 3.05) is 0 Å². The van der Waals surface area contributed by atoms with Crippen LogP contribution < -0.4 is 5.32 Å². The van der Waals surface area contributed by atoms with Gasteiger partial charge in [-0.2, -0.15) is 21.6 Å². The molecule has 2 atom stereocenters. The van der Waals surface area contributed by atoms with E-state index >= 15 is 0 Å². The monoisotopic (exact) mass is 481 g/mol. The zero-order chi connectivity index (χ0) is 24.6. The van der Waals surface area contributed by atoms with E-state index in [1.165, 1.54) is 12.1 Å². The third-order valence-corrected chi connectivity index (χ3v) is 5.99. The molecule has 180 valence electrons. The number of rotatable bonds is 9. The molecule has 1 fully saturated rings. The van der Waals surface area contributed by atoms with Gasteiger partial charge in [0.15, 0.2) is 0 Å². The van der Waals surface area contributed by atoms with Gasteiger partial charge in [0.1, 0.15) is 11.8 Å². The second-order valence-corrected chi connectivity index (χ2v) is 9.13. The Morgan fingerprint density at radius 1 is 1.03 bits per heavy atom. The van der Waals surface area contributed by atoms with Gasteiger partial charge in [-0.3, -0.25) is 10.1 Å². The lowest BCUT2D eigenvalue weighted by Gasteiger charge is -2.28. The lowest BCUT2D eigenvalue weighted by atomic mass is 9.93. The Balaban J connectivity index is 0.00000122. The van der Waals surface area contributed by atoms with Crippen LogP contribution >= 0.6 is 0 Å². The van der Waals surface area contributed by atoms with Crippen LogP contribution in [0, 0.1) is 12.3 Å². The minimum atomic E-state index is -4.48. The number of carbonyl (C=O) groups is 1. The van der Waals surface area contributed by atoms with Gasteiger partial charge in [0.25, 0.3) is 0 Å². The summed E-state index contributed by atoms with van der Waals surface area (Å²) in [5.74, 6) is -0.109. The predicted molar refractivity (Wildman–Crippen MR) is 123 cm³/mol. The summed E-state index contributed by atoms with van der Waals surface area (Å²) in [5.41, 5.74) is 3.06. The molecule has 1 aliphatic carbocycles. The zero-order valence-electron chi connectivity index (χ0n) is 19.1. The number of ketones is 1. The molecule has 3 rings (SSSR count). The molecule has 0 aromatic heterocycles. The molecule has 0 bridgehead atoms. The Bertz CT molecular complexity index is 948. The van der Waals surface area contributed by atoms with Gasteiger partial charge < -0.3 is 0 Å². The summed E-state index contributed by atoms with van der Waals surface area (Å²) in [6, 6.07) is 11.7. The van der Waals surface area contributed by atoms with Gasteiger partial charge >= 0.3 is 17.7 Å². The summed E-state index contributed by atoms with van der Waals surface area (Å²) in [6.07, 6.45) is -1.13. The van der Waals surface area contributed by atoms with Crippen LogP contribution in [0.5, 0.6) is 0 Å². The Morgan fingerprint density at radius 3 is 1.94 bits per heavy atom. The third kappa shape index (κ3) is 8.19. The molecule has 0 radical (unpaired) electrons. The number of hydrogen-bond donors (Lipinski definition) is 1. The van der Waals surface area contributed by atoms with Gasteiger partial charge in [0.05, 0.1) is 6.04 Å². The first-order chi connectivity index (χ1) is 15.5. The van der Waals surface area contributed by atoms with E-state index in [1.54, 1.807) is 12.1 Å². The van der Waals surface area contributed by atoms with Crippen molar-refractivity contribution in [2.24, 2.45) is 5.41 Å². The highest BCUT2D eigenvalue weighted by Gasteiger charge is 2.44. The molecule has 1 saturated carbocycles. The first-order valence-corrected chi connectivity index (χ1v) is 11.6. The van der Waals surface area contributed by atoms with E-state index in [-0.39, 0.29) is 16.8 Å². The summed E-state index contributed by atoms with van der Waals surface area (Å²) < 4.78 is 58.3. The number of benzene rings is 2. The molecule has 0 saturated heterocycles. The van der Waals surface area contributed by atoms with E-state index in [0.29, 0.717) is 19.3 Å². The van der Waals surface area contributed by atoms with Gasteiger partial charge in [0.2, 0.25) is 0 Å². The molecular formula is C25H30F3NO3S. The summed E-state index contributed by atoms with van der Waals surface area (Å²) >= 11 is -0.750. The van der Waals surface area contributed by atoms with Crippen LogP contribution in [-0.4, -0.2) is 26.4 Å². The maximum absolute atomic E-state index is 13.9. The number of Topliss-reactive ketones (excluding diaryl/α,β-unsaturated/α-hetero) is 1. The van der Waals surface area contributed by atoms with Crippen molar-refractivity contribution in [3.8, 4) is 11.1 Å². The molecule has 1 N–H and O–H groups in total. The minimum absolute atomic E-state index is 0.0197. The van der Waals surface area contributed by atoms with Crippen LogP contribution in [0.1, 0.15) is 63.1 Å². The lowest BCUT2D eigenvalue weighted by Crippen LogP contribution is -2.45. The van der Waals surface area contributed by atoms with Crippen molar-refractivity contribution >= 4 is 17.4 Å². The molecule has 2 aromatic rings. The van der Waals surface area contributed by atoms with Crippen LogP contribution in [0.3, 0.4) is 0 Å². The number of aryl methyl sites for hydroxylation is 1. The van der Waals surface area contributed by atoms with Gasteiger partial charge in [-0.05, 0) is 48.3 Å². The lowest BCUT2D eigenvalue weighted by molar-refractivity contribution is -0.161. The highest BCUT2D eigenvalue weighted by atomic mass is 32.1. The molecule has 33 heavy (non-hydrogen) atoms. The minimum Gasteiger partial charge on any atom is -0.298 e. The molecule has 8 heteroatoms. The largest absolute Gasteiger partial charge is 0.407 e. The van der Waals surface area contributed by atoms with Crippen LogP contribution in [0.25, 0.3) is 11.1 Å². The second-order valence-electron chi connectivity index (χ2n) is 8.99.